The minimum absolute atomic E-state index is 0. The molecule has 0 aromatic carbocycles. The van der Waals surface area contributed by atoms with Gasteiger partial charge in [0.15, 0.2) is 0 Å². The van der Waals surface area contributed by atoms with Gasteiger partial charge in [0, 0.05) is 19.8 Å². The van der Waals surface area contributed by atoms with Gasteiger partial charge in [0.2, 0.25) is 0 Å². The van der Waals surface area contributed by atoms with E-state index < -0.39 is 10.4 Å². The van der Waals surface area contributed by atoms with E-state index in [1.807, 2.05) is 0 Å². The van der Waals surface area contributed by atoms with Gasteiger partial charge >= 0.3 is 40.0 Å². The van der Waals surface area contributed by atoms with Crippen molar-refractivity contribution in [2.24, 2.45) is 0 Å². The molecule has 0 aliphatic heterocycles. The fourth-order valence-corrected chi connectivity index (χ4v) is 3.49. The van der Waals surface area contributed by atoms with Crippen LogP contribution >= 0.6 is 0 Å². The Bertz CT molecular complexity index is 392. The van der Waals surface area contributed by atoms with Gasteiger partial charge in [-0.1, -0.05) is 129 Å². The summed E-state index contributed by atoms with van der Waals surface area (Å²) in [5, 5.41) is 7.57. The van der Waals surface area contributed by atoms with Crippen LogP contribution in [-0.4, -0.2) is 72.0 Å². The van der Waals surface area contributed by atoms with E-state index in [0.29, 0.717) is 0 Å². The summed E-state index contributed by atoms with van der Waals surface area (Å²) in [7, 11) is -4.67. The molecule has 0 fully saturated rings. The number of aliphatic hydroxyl groups excluding tert-OH is 1. The van der Waals surface area contributed by atoms with Gasteiger partial charge in [0.25, 0.3) is 0 Å². The molecular weight excluding hydrogens is 463 g/mol. The molecule has 0 heterocycles. The van der Waals surface area contributed by atoms with E-state index in [9.17, 15) is 0 Å². The Balaban J connectivity index is -0.000000430. The van der Waals surface area contributed by atoms with Gasteiger partial charge in [0.05, 0.1) is 0 Å². The van der Waals surface area contributed by atoms with Crippen LogP contribution in [0.3, 0.4) is 0 Å². The van der Waals surface area contributed by atoms with Crippen molar-refractivity contribution in [3.8, 4) is 0 Å². The molecule has 0 atom stereocenters. The zero-order valence-corrected chi connectivity index (χ0v) is 23.1. The Kier molecular flexibility index (Phi) is 47.2. The summed E-state index contributed by atoms with van der Waals surface area (Å²) in [4.78, 5) is 0. The topological polar surface area (TPSA) is 104 Å². The second-order valence-electron chi connectivity index (χ2n) is 8.74. The minimum atomic E-state index is -4.67. The number of unbranched alkanes of at least 4 members (excludes halogenated alkanes) is 18. The summed E-state index contributed by atoms with van der Waals surface area (Å²) in [5.74, 6) is 0. The van der Waals surface area contributed by atoms with E-state index in [2.05, 4.69) is 13.8 Å². The molecule has 0 bridgehead atoms. The molecule has 0 unspecified atom stereocenters. The molecule has 0 spiro atoms. The van der Waals surface area contributed by atoms with Crippen molar-refractivity contribution in [2.45, 2.75) is 149 Å². The third-order valence-electron chi connectivity index (χ3n) is 5.28. The molecule has 0 aromatic heterocycles. The Labute approximate surface area is 235 Å². The van der Waals surface area contributed by atoms with Crippen LogP contribution in [0.25, 0.3) is 0 Å². The average Bonchev–Trinajstić information content (AvgIpc) is 2.74. The first-order chi connectivity index (χ1) is 15.8. The van der Waals surface area contributed by atoms with Gasteiger partial charge in [-0.25, -0.2) is 0 Å². The van der Waals surface area contributed by atoms with Crippen LogP contribution in [0.4, 0.5) is 0 Å². The van der Waals surface area contributed by atoms with E-state index >= 15 is 0 Å². The predicted octanol–water partition coefficient (Wildman–Crippen LogP) is 7.54. The summed E-state index contributed by atoms with van der Waals surface area (Å²) >= 11 is 0. The third-order valence-corrected chi connectivity index (χ3v) is 5.28. The standard InChI is InChI=1S/C24H50O.C2H6O.Na.H2O4S.H/c1-3-5-7-9-11-13-15-17-19-21-23-25-24-22-20-18-16-14-12-10-8-6-4-2;1-2-3;;1-5(2,3)4;/h3-24H2,1-2H3;3H,2H2,1H3;;(H2,1,2,3,4);. The Morgan fingerprint density at radius 1 is 0.500 bits per heavy atom. The molecule has 0 radical (unpaired) electrons. The molecule has 0 saturated heterocycles. The number of hydrogen-bond acceptors (Lipinski definition) is 4. The number of hydrogen-bond donors (Lipinski definition) is 3. The molecule has 34 heavy (non-hydrogen) atoms. The Morgan fingerprint density at radius 2 is 0.676 bits per heavy atom. The molecule has 0 amide bonds. The molecule has 8 heteroatoms. The summed E-state index contributed by atoms with van der Waals surface area (Å²) < 4.78 is 37.4. The maximum absolute atomic E-state index is 8.74. The van der Waals surface area contributed by atoms with Gasteiger partial charge in [-0.15, -0.1) is 0 Å². The fraction of sp³-hybridized carbons (Fsp3) is 1.00. The fourth-order valence-electron chi connectivity index (χ4n) is 3.49. The van der Waals surface area contributed by atoms with Crippen LogP contribution in [0.1, 0.15) is 149 Å². The van der Waals surface area contributed by atoms with Crippen LogP contribution in [0.2, 0.25) is 0 Å². The van der Waals surface area contributed by atoms with Gasteiger partial charge in [-0.05, 0) is 19.8 Å². The molecule has 206 valence electrons. The van der Waals surface area contributed by atoms with E-state index in [0.717, 1.165) is 13.2 Å². The summed E-state index contributed by atoms with van der Waals surface area (Å²) in [5.41, 5.74) is 0. The van der Waals surface area contributed by atoms with Crippen LogP contribution < -0.4 is 0 Å². The maximum atomic E-state index is 8.74. The summed E-state index contributed by atoms with van der Waals surface area (Å²) in [6.07, 6.45) is 28.2. The van der Waals surface area contributed by atoms with Crippen molar-refractivity contribution in [2.75, 3.05) is 19.8 Å². The first kappa shape index (κ1) is 41.9. The molecular formula is C26H59NaO6S. The first-order valence-corrected chi connectivity index (χ1v) is 15.1. The van der Waals surface area contributed by atoms with Crippen LogP contribution in [0, 0.1) is 0 Å². The van der Waals surface area contributed by atoms with Crippen molar-refractivity contribution < 1.29 is 27.4 Å². The van der Waals surface area contributed by atoms with E-state index in [1.165, 1.54) is 128 Å². The van der Waals surface area contributed by atoms with Crippen molar-refractivity contribution in [1.82, 2.24) is 0 Å². The molecule has 0 saturated carbocycles. The van der Waals surface area contributed by atoms with Crippen molar-refractivity contribution in [1.29, 1.82) is 0 Å². The molecule has 0 rings (SSSR count). The Hall–Kier alpha value is 0.790. The van der Waals surface area contributed by atoms with E-state index in [1.54, 1.807) is 6.92 Å². The molecule has 0 aliphatic rings. The molecule has 0 aromatic rings. The summed E-state index contributed by atoms with van der Waals surface area (Å²) in [6, 6.07) is 0. The monoisotopic (exact) mass is 522 g/mol. The summed E-state index contributed by atoms with van der Waals surface area (Å²) in [6.45, 7) is 8.50. The van der Waals surface area contributed by atoms with E-state index in [4.69, 9.17) is 27.4 Å². The van der Waals surface area contributed by atoms with Crippen molar-refractivity contribution in [3.05, 3.63) is 0 Å². The van der Waals surface area contributed by atoms with Crippen molar-refractivity contribution in [3.63, 3.8) is 0 Å². The molecule has 0 aliphatic carbocycles. The SMILES string of the molecule is CCCCCCCCCCCCOCCCCCCCCCCCC.CCO.O=S(=O)(O)O.[NaH]. The molecule has 6 nitrogen and oxygen atoms in total. The molecule has 3 N–H and O–H groups in total. The van der Waals surface area contributed by atoms with Crippen LogP contribution in [0.15, 0.2) is 0 Å². The Morgan fingerprint density at radius 3 is 0.882 bits per heavy atom. The third kappa shape index (κ3) is 63.8. The van der Waals surface area contributed by atoms with Crippen molar-refractivity contribution >= 4 is 40.0 Å². The predicted molar refractivity (Wildman–Crippen MR) is 149 cm³/mol. The second kappa shape index (κ2) is 38.3. The number of rotatable bonds is 22. The van der Waals surface area contributed by atoms with Gasteiger partial charge in [-0.2, -0.15) is 8.42 Å². The average molecular weight is 523 g/mol. The van der Waals surface area contributed by atoms with Gasteiger partial charge in [0.1, 0.15) is 0 Å². The number of ether oxygens (including phenoxy) is 1. The normalized spacial score (nSPS) is 10.5. The zero-order chi connectivity index (χ0) is 25.5. The van der Waals surface area contributed by atoms with Crippen LogP contribution in [-0.2, 0) is 15.1 Å². The van der Waals surface area contributed by atoms with E-state index in [-0.39, 0.29) is 36.2 Å². The van der Waals surface area contributed by atoms with Crippen LogP contribution in [0.5, 0.6) is 0 Å². The quantitative estimate of drug-likeness (QED) is 0.0770. The second-order valence-corrected chi connectivity index (χ2v) is 9.64. The zero-order valence-electron chi connectivity index (χ0n) is 22.2. The van der Waals surface area contributed by atoms with Gasteiger partial charge in [-0.3, -0.25) is 9.11 Å². The number of aliphatic hydroxyl groups is 1. The first-order valence-electron chi connectivity index (χ1n) is 13.7. The van der Waals surface area contributed by atoms with Gasteiger partial charge < -0.3 is 9.84 Å².